The van der Waals surface area contributed by atoms with E-state index in [0.29, 0.717) is 17.4 Å². The van der Waals surface area contributed by atoms with Crippen LogP contribution in [0.15, 0.2) is 18.2 Å². The van der Waals surface area contributed by atoms with Crippen molar-refractivity contribution in [1.82, 2.24) is 0 Å². The fourth-order valence-corrected chi connectivity index (χ4v) is 1.95. The van der Waals surface area contributed by atoms with Gasteiger partial charge >= 0.3 is 0 Å². The van der Waals surface area contributed by atoms with Crippen LogP contribution in [0.3, 0.4) is 0 Å². The Hall–Kier alpha value is -1.29. The molecule has 0 aromatic heterocycles. The predicted octanol–water partition coefficient (Wildman–Crippen LogP) is 4.99. The zero-order valence-electron chi connectivity index (χ0n) is 11.2. The molecular weight excluding hydrogens is 266 g/mol. The molecule has 0 fully saturated rings. The molecule has 0 bridgehead atoms. The normalized spacial score (nSPS) is 10.4. The van der Waals surface area contributed by atoms with E-state index in [2.05, 4.69) is 6.92 Å². The van der Waals surface area contributed by atoms with E-state index in [-0.39, 0.29) is 5.69 Å². The quantitative estimate of drug-likeness (QED) is 0.365. The highest BCUT2D eigenvalue weighted by molar-refractivity contribution is 6.32. The van der Waals surface area contributed by atoms with Gasteiger partial charge in [-0.25, -0.2) is 0 Å². The predicted molar refractivity (Wildman–Crippen MR) is 77.0 cm³/mol. The molecule has 0 spiro atoms. The average molecular weight is 286 g/mol. The zero-order valence-corrected chi connectivity index (χ0v) is 12.0. The first-order valence-electron chi connectivity index (χ1n) is 6.72. The van der Waals surface area contributed by atoms with Crippen molar-refractivity contribution in [2.45, 2.75) is 45.4 Å². The smallest absolute Gasteiger partial charge is 0.273 e. The molecule has 0 saturated carbocycles. The second kappa shape index (κ2) is 8.75. The van der Waals surface area contributed by atoms with Crippen molar-refractivity contribution in [2.24, 2.45) is 0 Å². The molecule has 0 N–H and O–H groups in total. The summed E-state index contributed by atoms with van der Waals surface area (Å²) >= 11 is 5.93. The van der Waals surface area contributed by atoms with E-state index in [1.807, 2.05) is 0 Å². The number of ether oxygens (including phenoxy) is 1. The number of halogens is 1. The Bertz CT molecular complexity index is 410. The SMILES string of the molecule is CCCCCCCCOc1cc([N+](=O)[O-])ccc1Cl. The summed E-state index contributed by atoms with van der Waals surface area (Å²) in [7, 11) is 0. The maximum atomic E-state index is 10.6. The number of hydrogen-bond acceptors (Lipinski definition) is 3. The van der Waals surface area contributed by atoms with Crippen LogP contribution in [0.25, 0.3) is 0 Å². The van der Waals surface area contributed by atoms with Gasteiger partial charge in [0, 0.05) is 6.07 Å². The summed E-state index contributed by atoms with van der Waals surface area (Å²) in [4.78, 5) is 10.2. The second-order valence-electron chi connectivity index (χ2n) is 4.49. The van der Waals surface area contributed by atoms with Crippen LogP contribution in [0, 0.1) is 10.1 Å². The molecule has 0 aliphatic heterocycles. The number of nitrogens with zero attached hydrogens (tertiary/aromatic N) is 1. The first-order valence-corrected chi connectivity index (χ1v) is 7.09. The minimum absolute atomic E-state index is 0.00217. The standard InChI is InChI=1S/C14H20ClNO3/c1-2-3-4-5-6-7-10-19-14-11-12(16(17)18)8-9-13(14)15/h8-9,11H,2-7,10H2,1H3. The molecule has 0 heterocycles. The van der Waals surface area contributed by atoms with E-state index >= 15 is 0 Å². The summed E-state index contributed by atoms with van der Waals surface area (Å²) in [5, 5.41) is 11.1. The molecule has 0 radical (unpaired) electrons. The van der Waals surface area contributed by atoms with Gasteiger partial charge in [0.1, 0.15) is 5.75 Å². The van der Waals surface area contributed by atoms with Crippen molar-refractivity contribution in [3.8, 4) is 5.75 Å². The summed E-state index contributed by atoms with van der Waals surface area (Å²) in [6.07, 6.45) is 7.04. The zero-order chi connectivity index (χ0) is 14.1. The summed E-state index contributed by atoms with van der Waals surface area (Å²) in [6, 6.07) is 4.25. The largest absolute Gasteiger partial charge is 0.492 e. The van der Waals surface area contributed by atoms with Crippen LogP contribution in [-0.2, 0) is 0 Å². The average Bonchev–Trinajstić information content (AvgIpc) is 2.39. The number of unbranched alkanes of at least 4 members (excludes halogenated alkanes) is 5. The van der Waals surface area contributed by atoms with E-state index in [0.717, 1.165) is 12.8 Å². The molecule has 0 atom stereocenters. The third-order valence-electron chi connectivity index (χ3n) is 2.88. The Morgan fingerprint density at radius 3 is 2.58 bits per heavy atom. The minimum atomic E-state index is -0.450. The van der Waals surface area contributed by atoms with E-state index in [9.17, 15) is 10.1 Å². The van der Waals surface area contributed by atoms with Gasteiger partial charge < -0.3 is 4.74 Å². The van der Waals surface area contributed by atoms with E-state index in [4.69, 9.17) is 16.3 Å². The van der Waals surface area contributed by atoms with Crippen molar-refractivity contribution in [3.63, 3.8) is 0 Å². The molecule has 5 heteroatoms. The third kappa shape index (κ3) is 5.92. The molecule has 106 valence electrons. The Balaban J connectivity index is 2.32. The topological polar surface area (TPSA) is 52.4 Å². The summed E-state index contributed by atoms with van der Waals surface area (Å²) in [6.45, 7) is 2.74. The molecule has 0 amide bonds. The highest BCUT2D eigenvalue weighted by Crippen LogP contribution is 2.29. The van der Waals surface area contributed by atoms with E-state index < -0.39 is 4.92 Å². The van der Waals surface area contributed by atoms with Crippen LogP contribution >= 0.6 is 11.6 Å². The fraction of sp³-hybridized carbons (Fsp3) is 0.571. The van der Waals surface area contributed by atoms with Crippen LogP contribution in [0.2, 0.25) is 5.02 Å². The number of hydrogen-bond donors (Lipinski definition) is 0. The molecule has 1 aromatic rings. The van der Waals surface area contributed by atoms with E-state index in [1.165, 1.54) is 43.9 Å². The monoisotopic (exact) mass is 285 g/mol. The first kappa shape index (κ1) is 15.8. The fourth-order valence-electron chi connectivity index (χ4n) is 1.78. The van der Waals surface area contributed by atoms with Gasteiger partial charge in [0.25, 0.3) is 5.69 Å². The number of nitro groups is 1. The Morgan fingerprint density at radius 2 is 1.89 bits per heavy atom. The van der Waals surface area contributed by atoms with Crippen LogP contribution in [-0.4, -0.2) is 11.5 Å². The maximum absolute atomic E-state index is 10.6. The lowest BCUT2D eigenvalue weighted by molar-refractivity contribution is -0.384. The molecule has 1 rings (SSSR count). The van der Waals surface area contributed by atoms with Gasteiger partial charge in [-0.1, -0.05) is 50.6 Å². The summed E-state index contributed by atoms with van der Waals surface area (Å²) < 4.78 is 5.50. The number of nitro benzene ring substituents is 1. The molecule has 0 aliphatic rings. The highest BCUT2D eigenvalue weighted by Gasteiger charge is 2.10. The number of benzene rings is 1. The van der Waals surface area contributed by atoms with Crippen molar-refractivity contribution >= 4 is 17.3 Å². The van der Waals surface area contributed by atoms with Crippen molar-refractivity contribution in [2.75, 3.05) is 6.61 Å². The van der Waals surface area contributed by atoms with Gasteiger partial charge in [0.15, 0.2) is 0 Å². The van der Waals surface area contributed by atoms with Gasteiger partial charge in [-0.15, -0.1) is 0 Å². The molecule has 1 aromatic carbocycles. The lowest BCUT2D eigenvalue weighted by Crippen LogP contribution is -1.99. The van der Waals surface area contributed by atoms with Gasteiger partial charge in [-0.05, 0) is 12.5 Å². The molecule has 4 nitrogen and oxygen atoms in total. The van der Waals surface area contributed by atoms with Crippen LogP contribution in [0.5, 0.6) is 5.75 Å². The highest BCUT2D eigenvalue weighted by atomic mass is 35.5. The molecule has 0 saturated heterocycles. The van der Waals surface area contributed by atoms with Crippen LogP contribution in [0.4, 0.5) is 5.69 Å². The van der Waals surface area contributed by atoms with Crippen LogP contribution in [0.1, 0.15) is 45.4 Å². The van der Waals surface area contributed by atoms with Crippen LogP contribution < -0.4 is 4.74 Å². The van der Waals surface area contributed by atoms with Crippen molar-refractivity contribution < 1.29 is 9.66 Å². The molecular formula is C14H20ClNO3. The van der Waals surface area contributed by atoms with Gasteiger partial charge in [-0.2, -0.15) is 0 Å². The third-order valence-corrected chi connectivity index (χ3v) is 3.19. The van der Waals surface area contributed by atoms with Gasteiger partial charge in [-0.3, -0.25) is 10.1 Å². The lowest BCUT2D eigenvalue weighted by Gasteiger charge is -2.07. The molecule has 0 unspecified atom stereocenters. The Kier molecular flexibility index (Phi) is 7.26. The summed E-state index contributed by atoms with van der Waals surface area (Å²) in [5.74, 6) is 0.393. The van der Waals surface area contributed by atoms with E-state index in [1.54, 1.807) is 0 Å². The van der Waals surface area contributed by atoms with Gasteiger partial charge in [0.2, 0.25) is 0 Å². The Labute approximate surface area is 118 Å². The number of rotatable bonds is 9. The number of non-ortho nitro benzene ring substituents is 1. The second-order valence-corrected chi connectivity index (χ2v) is 4.90. The van der Waals surface area contributed by atoms with Gasteiger partial charge in [0.05, 0.1) is 22.6 Å². The Morgan fingerprint density at radius 1 is 1.21 bits per heavy atom. The molecule has 0 aliphatic carbocycles. The van der Waals surface area contributed by atoms with Crippen molar-refractivity contribution in [1.29, 1.82) is 0 Å². The minimum Gasteiger partial charge on any atom is -0.492 e. The first-order chi connectivity index (χ1) is 9.15. The van der Waals surface area contributed by atoms with Crippen molar-refractivity contribution in [3.05, 3.63) is 33.3 Å². The molecule has 19 heavy (non-hydrogen) atoms. The lowest BCUT2D eigenvalue weighted by atomic mass is 10.1. The maximum Gasteiger partial charge on any atom is 0.273 e. The summed E-state index contributed by atoms with van der Waals surface area (Å²) in [5.41, 5.74) is 0.00217.